The van der Waals surface area contributed by atoms with E-state index in [9.17, 15) is 9.59 Å². The van der Waals surface area contributed by atoms with Crippen LogP contribution in [-0.2, 0) is 9.53 Å². The Hall–Kier alpha value is -2.22. The van der Waals surface area contributed by atoms with Gasteiger partial charge in [0.1, 0.15) is 5.01 Å². The Morgan fingerprint density at radius 2 is 1.96 bits per heavy atom. The summed E-state index contributed by atoms with van der Waals surface area (Å²) in [7, 11) is 0. The van der Waals surface area contributed by atoms with Gasteiger partial charge in [0.15, 0.2) is 11.8 Å². The third-order valence-electron chi connectivity index (χ3n) is 3.21. The molecule has 0 aliphatic heterocycles. The average Bonchev–Trinajstić information content (AvgIpc) is 3.28. The first kappa shape index (κ1) is 17.6. The molecule has 1 amide bonds. The van der Waals surface area contributed by atoms with E-state index in [-0.39, 0.29) is 5.69 Å². The number of hydrogen-bond donors (Lipinski definition) is 1. The van der Waals surface area contributed by atoms with Gasteiger partial charge in [-0.25, -0.2) is 9.78 Å². The number of halogens is 1. The lowest BCUT2D eigenvalue weighted by Gasteiger charge is -2.12. The molecule has 1 atom stereocenters. The Balaban J connectivity index is 1.60. The largest absolute Gasteiger partial charge is 0.448 e. The van der Waals surface area contributed by atoms with Gasteiger partial charge in [-0.3, -0.25) is 4.79 Å². The molecule has 0 saturated heterocycles. The van der Waals surface area contributed by atoms with Gasteiger partial charge in [0.2, 0.25) is 0 Å². The maximum Gasteiger partial charge on any atom is 0.358 e. The van der Waals surface area contributed by atoms with Gasteiger partial charge in [0, 0.05) is 16.1 Å². The van der Waals surface area contributed by atoms with Gasteiger partial charge in [0.25, 0.3) is 5.91 Å². The third-order valence-corrected chi connectivity index (χ3v) is 5.34. The van der Waals surface area contributed by atoms with Crippen molar-refractivity contribution in [2.24, 2.45) is 0 Å². The van der Waals surface area contributed by atoms with Crippen molar-refractivity contribution in [1.29, 1.82) is 0 Å². The number of carbonyl (C=O) groups excluding carboxylic acids is 2. The molecule has 0 unspecified atom stereocenters. The maximum atomic E-state index is 12.2. The van der Waals surface area contributed by atoms with Crippen molar-refractivity contribution in [3.05, 3.63) is 57.9 Å². The van der Waals surface area contributed by atoms with E-state index in [2.05, 4.69) is 10.3 Å². The number of amides is 1. The normalized spacial score (nSPS) is 11.8. The molecule has 2 aromatic heterocycles. The Morgan fingerprint density at radius 1 is 1.20 bits per heavy atom. The van der Waals surface area contributed by atoms with E-state index < -0.39 is 18.0 Å². The van der Waals surface area contributed by atoms with Crippen molar-refractivity contribution in [1.82, 2.24) is 4.98 Å². The summed E-state index contributed by atoms with van der Waals surface area (Å²) in [5.41, 5.74) is 0.769. The highest BCUT2D eigenvalue weighted by Gasteiger charge is 2.21. The minimum Gasteiger partial charge on any atom is -0.448 e. The lowest BCUT2D eigenvalue weighted by molar-refractivity contribution is -0.123. The number of nitrogens with one attached hydrogen (secondary N) is 1. The van der Waals surface area contributed by atoms with Crippen LogP contribution >= 0.6 is 34.3 Å². The van der Waals surface area contributed by atoms with E-state index in [1.165, 1.54) is 18.3 Å². The monoisotopic (exact) mass is 392 g/mol. The molecular formula is C17H13ClN2O3S2. The number of ether oxygens (including phenoxy) is 1. The zero-order valence-electron chi connectivity index (χ0n) is 13.1. The van der Waals surface area contributed by atoms with Crippen LogP contribution in [-0.4, -0.2) is 23.0 Å². The summed E-state index contributed by atoms with van der Waals surface area (Å²) in [6.45, 7) is 1.51. The molecule has 1 N–H and O–H groups in total. The van der Waals surface area contributed by atoms with Crippen LogP contribution in [0.3, 0.4) is 0 Å². The van der Waals surface area contributed by atoms with Gasteiger partial charge in [0.05, 0.1) is 4.88 Å². The zero-order chi connectivity index (χ0) is 17.8. The van der Waals surface area contributed by atoms with Gasteiger partial charge in [-0.15, -0.1) is 22.7 Å². The molecule has 1 aromatic carbocycles. The summed E-state index contributed by atoms with van der Waals surface area (Å²) in [4.78, 5) is 29.5. The number of benzene rings is 1. The average molecular weight is 393 g/mol. The fourth-order valence-electron chi connectivity index (χ4n) is 1.93. The first-order valence-electron chi connectivity index (χ1n) is 7.30. The minimum atomic E-state index is -0.949. The summed E-state index contributed by atoms with van der Waals surface area (Å²) >= 11 is 8.70. The summed E-state index contributed by atoms with van der Waals surface area (Å²) in [6.07, 6.45) is -0.949. The first-order valence-corrected chi connectivity index (χ1v) is 9.43. The smallest absolute Gasteiger partial charge is 0.358 e. The molecule has 0 spiro atoms. The van der Waals surface area contributed by atoms with E-state index in [0.29, 0.717) is 10.7 Å². The Labute approximate surface area is 157 Å². The molecule has 0 radical (unpaired) electrons. The molecule has 5 nitrogen and oxygen atoms in total. The minimum absolute atomic E-state index is 0.194. The van der Waals surface area contributed by atoms with Crippen molar-refractivity contribution >= 4 is 51.8 Å². The number of rotatable bonds is 5. The standard InChI is InChI=1S/C17H13ClN2O3S2/c1-10(15(21)19-12-6-4-11(18)5-7-12)23-17(22)13-9-25-16(20-13)14-3-2-8-24-14/h2-10H,1H3,(H,19,21)/t10-/m0/s1. The molecule has 3 aromatic rings. The number of thiophene rings is 1. The highest BCUT2D eigenvalue weighted by Crippen LogP contribution is 2.28. The first-order chi connectivity index (χ1) is 12.0. The summed E-state index contributed by atoms with van der Waals surface area (Å²) < 4.78 is 5.20. The highest BCUT2D eigenvalue weighted by molar-refractivity contribution is 7.20. The number of carbonyl (C=O) groups is 2. The van der Waals surface area contributed by atoms with Crippen molar-refractivity contribution in [2.75, 3.05) is 5.32 Å². The van der Waals surface area contributed by atoms with Crippen LogP contribution < -0.4 is 5.32 Å². The Morgan fingerprint density at radius 3 is 2.64 bits per heavy atom. The van der Waals surface area contributed by atoms with Crippen molar-refractivity contribution in [3.63, 3.8) is 0 Å². The van der Waals surface area contributed by atoms with Gasteiger partial charge < -0.3 is 10.1 Å². The fraction of sp³-hybridized carbons (Fsp3) is 0.118. The Kier molecular flexibility index (Phi) is 5.47. The summed E-state index contributed by atoms with van der Waals surface area (Å²) in [6, 6.07) is 10.5. The molecular weight excluding hydrogens is 380 g/mol. The van der Waals surface area contributed by atoms with Gasteiger partial charge in [-0.1, -0.05) is 17.7 Å². The van der Waals surface area contributed by atoms with E-state index in [4.69, 9.17) is 16.3 Å². The summed E-state index contributed by atoms with van der Waals surface area (Å²) in [5, 5.41) is 7.55. The van der Waals surface area contributed by atoms with Crippen LogP contribution in [0.15, 0.2) is 47.2 Å². The van der Waals surface area contributed by atoms with E-state index >= 15 is 0 Å². The lowest BCUT2D eigenvalue weighted by atomic mass is 10.3. The van der Waals surface area contributed by atoms with Gasteiger partial charge >= 0.3 is 5.97 Å². The third kappa shape index (κ3) is 4.45. The van der Waals surface area contributed by atoms with Crippen LogP contribution in [0.1, 0.15) is 17.4 Å². The second kappa shape index (κ2) is 7.77. The zero-order valence-corrected chi connectivity index (χ0v) is 15.5. The van der Waals surface area contributed by atoms with Crippen LogP contribution in [0, 0.1) is 0 Å². The Bertz CT molecular complexity index is 876. The number of nitrogens with zero attached hydrogens (tertiary/aromatic N) is 1. The SMILES string of the molecule is C[C@H](OC(=O)c1csc(-c2cccs2)n1)C(=O)Nc1ccc(Cl)cc1. The van der Waals surface area contributed by atoms with Crippen molar-refractivity contribution < 1.29 is 14.3 Å². The fourth-order valence-corrected chi connectivity index (χ4v) is 3.66. The van der Waals surface area contributed by atoms with E-state index in [0.717, 1.165) is 9.88 Å². The maximum absolute atomic E-state index is 12.2. The predicted octanol–water partition coefficient (Wildman–Crippen LogP) is 4.71. The van der Waals surface area contributed by atoms with Gasteiger partial charge in [-0.2, -0.15) is 0 Å². The lowest BCUT2D eigenvalue weighted by Crippen LogP contribution is -2.30. The van der Waals surface area contributed by atoms with E-state index in [1.54, 1.807) is 41.0 Å². The molecule has 25 heavy (non-hydrogen) atoms. The summed E-state index contributed by atoms with van der Waals surface area (Å²) in [5.74, 6) is -1.05. The number of hydrogen-bond acceptors (Lipinski definition) is 6. The number of thiazole rings is 1. The molecule has 0 fully saturated rings. The second-order valence-corrected chi connectivity index (χ2v) is 7.30. The molecule has 0 bridgehead atoms. The number of anilines is 1. The number of esters is 1. The predicted molar refractivity (Wildman–Crippen MR) is 100 cm³/mol. The molecule has 2 heterocycles. The molecule has 0 saturated carbocycles. The van der Waals surface area contributed by atoms with Crippen LogP contribution in [0.2, 0.25) is 5.02 Å². The number of aromatic nitrogens is 1. The molecule has 3 rings (SSSR count). The van der Waals surface area contributed by atoms with Crippen molar-refractivity contribution in [3.8, 4) is 9.88 Å². The molecule has 0 aliphatic carbocycles. The second-order valence-electron chi connectivity index (χ2n) is 5.06. The highest BCUT2D eigenvalue weighted by atomic mass is 35.5. The van der Waals surface area contributed by atoms with Crippen LogP contribution in [0.25, 0.3) is 9.88 Å². The van der Waals surface area contributed by atoms with Crippen LogP contribution in [0.4, 0.5) is 5.69 Å². The van der Waals surface area contributed by atoms with Crippen LogP contribution in [0.5, 0.6) is 0 Å². The van der Waals surface area contributed by atoms with E-state index in [1.807, 2.05) is 17.5 Å². The molecule has 128 valence electrons. The topological polar surface area (TPSA) is 68.3 Å². The van der Waals surface area contributed by atoms with Gasteiger partial charge in [-0.05, 0) is 42.6 Å². The molecule has 0 aliphatic rings. The molecule has 8 heteroatoms. The quantitative estimate of drug-likeness (QED) is 0.638. The van der Waals surface area contributed by atoms with Crippen molar-refractivity contribution in [2.45, 2.75) is 13.0 Å².